The molecule has 9 N–H and O–H groups in total. The maximum atomic E-state index is 13.9. The number of carbonyl (C=O) groups is 5. The van der Waals surface area contributed by atoms with Crippen molar-refractivity contribution in [1.29, 1.82) is 0 Å². The first-order valence-corrected chi connectivity index (χ1v) is 24.4. The number of amides is 5. The van der Waals surface area contributed by atoms with Crippen LogP contribution in [-0.2, 0) is 52.2 Å². The van der Waals surface area contributed by atoms with E-state index in [2.05, 4.69) is 26.6 Å². The zero-order valence-corrected chi connectivity index (χ0v) is 44.3. The molecular weight excluding hydrogens is 973 g/mol. The SMILES string of the molecule is CC(C)(C)OC(=O)NCC[C@H](O)C(=O)N[C@@H]1C[C@H](NC(=O)OC(C)(C)C)C(O[C@@H]2OC(C(O)C[N+](=O)[O-])CCC2NC(=O)OC(C)(C)C)C(O)[C@@H]1O[C@@H]1OC2COC(C)(C)O[C@@H]2[C@H](NC(=O)OC(C)(C)C)C1O. The van der Waals surface area contributed by atoms with Gasteiger partial charge in [-0.05, 0) is 123 Å². The summed E-state index contributed by atoms with van der Waals surface area (Å²) in [5.74, 6) is -2.24. The minimum absolute atomic E-state index is 0.00669. The zero-order chi connectivity index (χ0) is 55.2. The summed E-state index contributed by atoms with van der Waals surface area (Å²) < 4.78 is 59.1. The molecule has 4 rings (SSSR count). The van der Waals surface area contributed by atoms with Crippen molar-refractivity contribution in [2.45, 2.75) is 242 Å². The van der Waals surface area contributed by atoms with Crippen LogP contribution >= 0.6 is 0 Å². The number of rotatable bonds is 15. The molecular formula is C46H80N6O21. The van der Waals surface area contributed by atoms with Crippen LogP contribution in [0.25, 0.3) is 0 Å². The van der Waals surface area contributed by atoms with Gasteiger partial charge in [0.2, 0.25) is 12.5 Å². The van der Waals surface area contributed by atoms with E-state index in [-0.39, 0.29) is 32.4 Å². The van der Waals surface area contributed by atoms with Gasteiger partial charge in [0.15, 0.2) is 18.4 Å². The highest BCUT2D eigenvalue weighted by atomic mass is 16.8. The molecule has 0 aromatic heterocycles. The highest BCUT2D eigenvalue weighted by Crippen LogP contribution is 2.37. The summed E-state index contributed by atoms with van der Waals surface area (Å²) in [5, 5.41) is 71.2. The molecule has 0 bridgehead atoms. The van der Waals surface area contributed by atoms with Gasteiger partial charge in [-0.2, -0.15) is 0 Å². The fraction of sp³-hybridized carbons (Fsp3) is 0.891. The maximum Gasteiger partial charge on any atom is 0.408 e. The maximum absolute atomic E-state index is 13.9. The first kappa shape index (κ1) is 61.1. The Morgan fingerprint density at radius 3 is 1.71 bits per heavy atom. The minimum Gasteiger partial charge on any atom is -0.444 e. The highest BCUT2D eigenvalue weighted by Gasteiger charge is 2.56. The van der Waals surface area contributed by atoms with Crippen LogP contribution < -0.4 is 26.6 Å². The van der Waals surface area contributed by atoms with Crippen molar-refractivity contribution in [3.63, 3.8) is 0 Å². The molecule has 7 unspecified atom stereocenters. The monoisotopic (exact) mass is 1050 g/mol. The van der Waals surface area contributed by atoms with Gasteiger partial charge < -0.3 is 94.4 Å². The number of nitrogens with zero attached hydrogens (tertiary/aromatic N) is 1. The largest absolute Gasteiger partial charge is 0.444 e. The predicted octanol–water partition coefficient (Wildman–Crippen LogP) is 1.34. The van der Waals surface area contributed by atoms with Crippen molar-refractivity contribution < 1.29 is 96.7 Å². The molecule has 4 aliphatic rings. The quantitative estimate of drug-likeness (QED) is 0.0635. The van der Waals surface area contributed by atoms with E-state index in [1.165, 1.54) is 0 Å². The van der Waals surface area contributed by atoms with E-state index in [1.54, 1.807) is 96.9 Å². The zero-order valence-electron chi connectivity index (χ0n) is 44.3. The van der Waals surface area contributed by atoms with Crippen LogP contribution in [0.5, 0.6) is 0 Å². The number of hydrogen-bond acceptors (Lipinski definition) is 21. The van der Waals surface area contributed by atoms with Crippen LogP contribution in [0.4, 0.5) is 19.2 Å². The van der Waals surface area contributed by atoms with Gasteiger partial charge in [0.05, 0.1) is 36.9 Å². The lowest BCUT2D eigenvalue weighted by molar-refractivity contribution is -0.494. The number of alkyl carbamates (subject to hydrolysis) is 4. The van der Waals surface area contributed by atoms with E-state index < -0.39 is 168 Å². The molecule has 15 atom stereocenters. The van der Waals surface area contributed by atoms with Crippen LogP contribution in [0.1, 0.15) is 123 Å². The average molecular weight is 1050 g/mol. The third-order valence-electron chi connectivity index (χ3n) is 11.2. The summed E-state index contributed by atoms with van der Waals surface area (Å²) in [6, 6.07) is -5.22. The van der Waals surface area contributed by atoms with Crippen molar-refractivity contribution in [2.75, 3.05) is 19.7 Å². The van der Waals surface area contributed by atoms with Gasteiger partial charge in [0, 0.05) is 11.5 Å². The molecule has 1 aliphatic carbocycles. The van der Waals surface area contributed by atoms with E-state index in [0.29, 0.717) is 0 Å². The average Bonchev–Trinajstić information content (AvgIpc) is 3.19. The Labute approximate surface area is 425 Å². The molecule has 4 fully saturated rings. The molecule has 27 nitrogen and oxygen atoms in total. The summed E-state index contributed by atoms with van der Waals surface area (Å²) in [7, 11) is 0. The second-order valence-corrected chi connectivity index (χ2v) is 23.0. The Morgan fingerprint density at radius 1 is 0.685 bits per heavy atom. The smallest absolute Gasteiger partial charge is 0.408 e. The minimum atomic E-state index is -2.01. The normalized spacial score (nSPS) is 31.5. The number of aliphatic hydroxyl groups is 4. The lowest BCUT2D eigenvalue weighted by Gasteiger charge is -2.52. The lowest BCUT2D eigenvalue weighted by Crippen LogP contribution is -2.72. The van der Waals surface area contributed by atoms with Gasteiger partial charge in [-0.3, -0.25) is 14.9 Å². The topological polar surface area (TPSA) is 362 Å². The molecule has 0 spiro atoms. The highest BCUT2D eigenvalue weighted by molar-refractivity contribution is 5.81. The number of carbonyl (C=O) groups excluding carboxylic acids is 5. The Morgan fingerprint density at radius 2 is 1.18 bits per heavy atom. The summed E-state index contributed by atoms with van der Waals surface area (Å²) in [6.45, 7) is 21.5. The van der Waals surface area contributed by atoms with Crippen molar-refractivity contribution in [2.24, 2.45) is 0 Å². The van der Waals surface area contributed by atoms with E-state index in [1.807, 2.05) is 0 Å². The van der Waals surface area contributed by atoms with E-state index >= 15 is 0 Å². The van der Waals surface area contributed by atoms with Gasteiger partial charge >= 0.3 is 24.4 Å². The molecule has 0 radical (unpaired) electrons. The summed E-state index contributed by atoms with van der Waals surface area (Å²) >= 11 is 0. The number of nitro groups is 1. The van der Waals surface area contributed by atoms with Gasteiger partial charge in [-0.25, -0.2) is 19.2 Å². The third kappa shape index (κ3) is 19.6. The van der Waals surface area contributed by atoms with E-state index in [9.17, 15) is 54.5 Å². The van der Waals surface area contributed by atoms with Gasteiger partial charge in [-0.1, -0.05) is 0 Å². The van der Waals surface area contributed by atoms with Crippen LogP contribution in [0, 0.1) is 10.1 Å². The van der Waals surface area contributed by atoms with E-state index in [4.69, 9.17) is 47.4 Å². The number of ether oxygens (including phenoxy) is 10. The molecule has 73 heavy (non-hydrogen) atoms. The van der Waals surface area contributed by atoms with Gasteiger partial charge in [0.25, 0.3) is 0 Å². The first-order chi connectivity index (χ1) is 33.4. The molecule has 0 aromatic carbocycles. The summed E-state index contributed by atoms with van der Waals surface area (Å²) in [4.78, 5) is 77.0. The molecule has 3 saturated heterocycles. The Bertz CT molecular complexity index is 1900. The fourth-order valence-electron chi connectivity index (χ4n) is 8.31. The van der Waals surface area contributed by atoms with Crippen LogP contribution in [0.15, 0.2) is 0 Å². The number of nitrogens with one attached hydrogen (secondary N) is 5. The molecule has 3 heterocycles. The molecule has 3 aliphatic heterocycles. The molecule has 420 valence electrons. The Balaban J connectivity index is 1.79. The van der Waals surface area contributed by atoms with Crippen molar-refractivity contribution in [1.82, 2.24) is 26.6 Å². The van der Waals surface area contributed by atoms with Gasteiger partial charge in [-0.15, -0.1) is 0 Å². The molecule has 27 heteroatoms. The van der Waals surface area contributed by atoms with Crippen LogP contribution in [0.3, 0.4) is 0 Å². The number of aliphatic hydroxyl groups excluding tert-OH is 4. The summed E-state index contributed by atoms with van der Waals surface area (Å²) in [5.41, 5.74) is -3.82. The molecule has 1 saturated carbocycles. The Hall–Kier alpha value is -4.45. The number of hydrogen-bond donors (Lipinski definition) is 9. The predicted molar refractivity (Wildman–Crippen MR) is 252 cm³/mol. The van der Waals surface area contributed by atoms with Crippen LogP contribution in [0.2, 0.25) is 0 Å². The number of fused-ring (bicyclic) bond motifs is 1. The first-order valence-electron chi connectivity index (χ1n) is 24.4. The summed E-state index contributed by atoms with van der Waals surface area (Å²) in [6.07, 6.45) is -21.9. The third-order valence-corrected chi connectivity index (χ3v) is 11.2. The van der Waals surface area contributed by atoms with Crippen molar-refractivity contribution in [3.05, 3.63) is 10.1 Å². The van der Waals surface area contributed by atoms with Gasteiger partial charge in [0.1, 0.15) is 71.2 Å². The molecule has 0 aromatic rings. The van der Waals surface area contributed by atoms with E-state index in [0.717, 1.165) is 0 Å². The second-order valence-electron chi connectivity index (χ2n) is 23.0. The molecule has 5 amide bonds. The standard InChI is InChI=1S/C46H80N6O21/c1-42(2,3)70-38(58)47-18-17-25(53)35(57)48-23-19-24(50-40(60)72-44(7,8)9)33(67-36-22(49-39(59)71-43(4,5)6)15-16-27(65-36)26(54)20-52(62)63)31(56)32(23)68-37-30(55)29(51-41(61)73-45(10,11)12)34-28(66-37)21-64-46(13,14)69-34/h22-34,36-37,53-56H,15-21H2,1-14H3,(H,47,58)(H,48,57)(H,49,59)(H,50,60)(H,51,61)/t22?,23-,24+,25+,26?,27?,28?,29-,30?,31?,32-,33?,34+,36+,37+/m1/s1. The van der Waals surface area contributed by atoms with Crippen molar-refractivity contribution >= 4 is 30.3 Å². The van der Waals surface area contributed by atoms with Crippen LogP contribution in [-0.4, -0.2) is 195 Å². The fourth-order valence-corrected chi connectivity index (χ4v) is 8.31. The second kappa shape index (κ2) is 24.5. The van der Waals surface area contributed by atoms with Crippen molar-refractivity contribution in [3.8, 4) is 0 Å². The Kier molecular flexibility index (Phi) is 20.5. The lowest BCUT2D eigenvalue weighted by atomic mass is 9.83.